The molecular weight excluding hydrogens is 246 g/mol. The van der Waals surface area contributed by atoms with Gasteiger partial charge in [-0.05, 0) is 31.3 Å². The van der Waals surface area contributed by atoms with Gasteiger partial charge in [-0.15, -0.1) is 0 Å². The molecule has 0 radical (unpaired) electrons. The lowest BCUT2D eigenvalue weighted by atomic mass is 10.2. The molecule has 0 unspecified atom stereocenters. The maximum Gasteiger partial charge on any atom is 0.278 e. The van der Waals surface area contributed by atoms with Gasteiger partial charge < -0.3 is 4.98 Å². The summed E-state index contributed by atoms with van der Waals surface area (Å²) in [5.74, 6) is 0. The topological polar surface area (TPSA) is 46.5 Å². The molecule has 7 heteroatoms. The predicted octanol–water partition coefficient (Wildman–Crippen LogP) is 2.96. The predicted molar refractivity (Wildman–Crippen MR) is 61.3 cm³/mol. The average Bonchev–Trinajstić information content (AvgIpc) is 2.76. The van der Waals surface area contributed by atoms with E-state index in [9.17, 15) is 8.78 Å². The fourth-order valence-corrected chi connectivity index (χ4v) is 1.62. The first-order valence-electron chi connectivity index (χ1n) is 5.03. The van der Waals surface area contributed by atoms with E-state index in [1.165, 1.54) is 6.07 Å². The summed E-state index contributed by atoms with van der Waals surface area (Å²) in [7, 11) is 0. The standard InChI is InChI=1S/C10H10F2N4S/c1-2-16-4-3-6(15-16)7-5-8(9(11)12)14-10(17)13-7/h3-5,9H,2H2,1H3,(H,13,14,17). The normalized spacial score (nSPS) is 11.1. The van der Waals surface area contributed by atoms with Crippen molar-refractivity contribution in [2.75, 3.05) is 0 Å². The zero-order valence-electron chi connectivity index (χ0n) is 9.02. The third-order valence-electron chi connectivity index (χ3n) is 2.23. The van der Waals surface area contributed by atoms with Crippen LogP contribution in [0.2, 0.25) is 0 Å². The Kier molecular flexibility index (Phi) is 3.28. The molecule has 2 aromatic rings. The van der Waals surface area contributed by atoms with Crippen LogP contribution in [0.5, 0.6) is 0 Å². The van der Waals surface area contributed by atoms with Crippen LogP contribution in [0.4, 0.5) is 8.78 Å². The number of alkyl halides is 2. The largest absolute Gasteiger partial charge is 0.329 e. The van der Waals surface area contributed by atoms with E-state index in [1.54, 1.807) is 16.9 Å². The molecule has 0 amide bonds. The summed E-state index contributed by atoms with van der Waals surface area (Å²) in [6, 6.07) is 2.98. The third kappa shape index (κ3) is 2.55. The molecular formula is C10H10F2N4S. The molecule has 0 spiro atoms. The number of aromatic amines is 1. The summed E-state index contributed by atoms with van der Waals surface area (Å²) in [4.78, 5) is 6.34. The summed E-state index contributed by atoms with van der Waals surface area (Å²) >= 11 is 4.81. The van der Waals surface area contributed by atoms with Crippen LogP contribution in [-0.4, -0.2) is 19.7 Å². The zero-order valence-corrected chi connectivity index (χ0v) is 9.84. The van der Waals surface area contributed by atoms with Gasteiger partial charge in [-0.2, -0.15) is 5.10 Å². The number of aromatic nitrogens is 4. The minimum atomic E-state index is -2.60. The van der Waals surface area contributed by atoms with Crippen molar-refractivity contribution in [3.05, 3.63) is 28.8 Å². The summed E-state index contributed by atoms with van der Waals surface area (Å²) in [5.41, 5.74) is 0.649. The molecule has 0 aliphatic rings. The van der Waals surface area contributed by atoms with E-state index in [0.717, 1.165) is 0 Å². The Morgan fingerprint density at radius 3 is 2.82 bits per heavy atom. The van der Waals surface area contributed by atoms with Crippen molar-refractivity contribution < 1.29 is 8.78 Å². The fraction of sp³-hybridized carbons (Fsp3) is 0.300. The van der Waals surface area contributed by atoms with Crippen LogP contribution in [0.15, 0.2) is 18.3 Å². The number of H-pyrrole nitrogens is 1. The van der Waals surface area contributed by atoms with Crippen molar-refractivity contribution in [2.24, 2.45) is 0 Å². The average molecular weight is 256 g/mol. The first kappa shape index (κ1) is 11.8. The number of aryl methyl sites for hydroxylation is 1. The number of nitrogens with one attached hydrogen (secondary N) is 1. The summed E-state index contributed by atoms with van der Waals surface area (Å²) in [6.45, 7) is 2.65. The van der Waals surface area contributed by atoms with E-state index in [4.69, 9.17) is 12.2 Å². The Hall–Kier alpha value is -1.63. The molecule has 2 heterocycles. The molecule has 0 aliphatic heterocycles. The molecule has 2 aromatic heterocycles. The molecule has 0 aromatic carbocycles. The first-order valence-corrected chi connectivity index (χ1v) is 5.44. The molecule has 17 heavy (non-hydrogen) atoms. The van der Waals surface area contributed by atoms with Crippen molar-refractivity contribution >= 4 is 12.2 Å². The summed E-state index contributed by atoms with van der Waals surface area (Å²) in [6.07, 6.45) is -0.842. The highest BCUT2D eigenvalue weighted by Gasteiger charge is 2.11. The van der Waals surface area contributed by atoms with E-state index in [2.05, 4.69) is 15.1 Å². The lowest BCUT2D eigenvalue weighted by molar-refractivity contribution is 0.146. The van der Waals surface area contributed by atoms with Crippen LogP contribution in [0.25, 0.3) is 11.4 Å². The van der Waals surface area contributed by atoms with Gasteiger partial charge in [-0.25, -0.2) is 13.8 Å². The van der Waals surface area contributed by atoms with Crippen LogP contribution >= 0.6 is 12.2 Å². The highest BCUT2D eigenvalue weighted by molar-refractivity contribution is 7.71. The molecule has 0 atom stereocenters. The zero-order chi connectivity index (χ0) is 12.4. The Morgan fingerprint density at radius 1 is 1.47 bits per heavy atom. The second kappa shape index (κ2) is 4.70. The minimum Gasteiger partial charge on any atom is -0.329 e. The molecule has 0 saturated carbocycles. The second-order valence-corrected chi connectivity index (χ2v) is 3.77. The Balaban J connectivity index is 2.48. The van der Waals surface area contributed by atoms with Gasteiger partial charge >= 0.3 is 0 Å². The number of nitrogens with zero attached hydrogens (tertiary/aromatic N) is 3. The van der Waals surface area contributed by atoms with Gasteiger partial charge in [-0.1, -0.05) is 0 Å². The molecule has 1 N–H and O–H groups in total. The van der Waals surface area contributed by atoms with Crippen LogP contribution in [-0.2, 0) is 6.54 Å². The minimum absolute atomic E-state index is 0.0313. The lowest BCUT2D eigenvalue weighted by Gasteiger charge is -2.02. The summed E-state index contributed by atoms with van der Waals surface area (Å²) in [5, 5.41) is 4.19. The highest BCUT2D eigenvalue weighted by Crippen LogP contribution is 2.21. The van der Waals surface area contributed by atoms with Crippen molar-refractivity contribution in [2.45, 2.75) is 19.9 Å². The van der Waals surface area contributed by atoms with Gasteiger partial charge in [0.1, 0.15) is 5.69 Å². The first-order chi connectivity index (χ1) is 8.10. The molecule has 2 rings (SSSR count). The molecule has 0 fully saturated rings. The van der Waals surface area contributed by atoms with E-state index in [-0.39, 0.29) is 10.5 Å². The fourth-order valence-electron chi connectivity index (χ4n) is 1.40. The van der Waals surface area contributed by atoms with Crippen molar-refractivity contribution in [1.29, 1.82) is 0 Å². The maximum atomic E-state index is 12.6. The SMILES string of the molecule is CCn1ccc(-c2cc(C(F)F)[nH]c(=S)n2)n1. The van der Waals surface area contributed by atoms with Gasteiger partial charge in [-0.3, -0.25) is 4.68 Å². The van der Waals surface area contributed by atoms with Gasteiger partial charge in [0.05, 0.1) is 11.4 Å². The van der Waals surface area contributed by atoms with Gasteiger partial charge in [0, 0.05) is 12.7 Å². The molecule has 90 valence electrons. The Bertz CT molecular complexity index is 576. The number of hydrogen-bond donors (Lipinski definition) is 1. The van der Waals surface area contributed by atoms with Crippen molar-refractivity contribution in [3.8, 4) is 11.4 Å². The van der Waals surface area contributed by atoms with E-state index in [0.29, 0.717) is 17.9 Å². The maximum absolute atomic E-state index is 12.6. The quantitative estimate of drug-likeness (QED) is 0.859. The lowest BCUT2D eigenvalue weighted by Crippen LogP contribution is -1.97. The van der Waals surface area contributed by atoms with Crippen molar-refractivity contribution in [1.82, 2.24) is 19.7 Å². The smallest absolute Gasteiger partial charge is 0.278 e. The number of halogens is 2. The van der Waals surface area contributed by atoms with Gasteiger partial charge in [0.15, 0.2) is 4.77 Å². The number of hydrogen-bond acceptors (Lipinski definition) is 3. The molecule has 0 saturated heterocycles. The van der Waals surface area contributed by atoms with Gasteiger partial charge in [0.2, 0.25) is 0 Å². The van der Waals surface area contributed by atoms with Crippen LogP contribution in [0.3, 0.4) is 0 Å². The molecule has 0 bridgehead atoms. The van der Waals surface area contributed by atoms with E-state index >= 15 is 0 Å². The Labute approximate surface area is 101 Å². The molecule has 0 aliphatic carbocycles. The van der Waals surface area contributed by atoms with Gasteiger partial charge in [0.25, 0.3) is 6.43 Å². The summed E-state index contributed by atoms with van der Waals surface area (Å²) < 4.78 is 26.9. The van der Waals surface area contributed by atoms with E-state index in [1.807, 2.05) is 6.92 Å². The Morgan fingerprint density at radius 2 is 2.24 bits per heavy atom. The highest BCUT2D eigenvalue weighted by atomic mass is 32.1. The molecule has 4 nitrogen and oxygen atoms in total. The van der Waals surface area contributed by atoms with Crippen molar-refractivity contribution in [3.63, 3.8) is 0 Å². The van der Waals surface area contributed by atoms with Crippen LogP contribution in [0, 0.1) is 4.77 Å². The number of rotatable bonds is 3. The van der Waals surface area contributed by atoms with E-state index < -0.39 is 6.43 Å². The van der Waals surface area contributed by atoms with Crippen LogP contribution in [0.1, 0.15) is 19.0 Å². The third-order valence-corrected chi connectivity index (χ3v) is 2.42. The second-order valence-electron chi connectivity index (χ2n) is 3.38. The van der Waals surface area contributed by atoms with Crippen LogP contribution < -0.4 is 0 Å². The monoisotopic (exact) mass is 256 g/mol.